The Morgan fingerprint density at radius 2 is 2.12 bits per heavy atom. The van der Waals surface area contributed by atoms with Crippen molar-refractivity contribution in [1.29, 1.82) is 0 Å². The van der Waals surface area contributed by atoms with E-state index in [1.807, 2.05) is 0 Å². The van der Waals surface area contributed by atoms with Gasteiger partial charge >= 0.3 is 8.25 Å². The van der Waals surface area contributed by atoms with Gasteiger partial charge in [-0.1, -0.05) is 6.92 Å². The molecule has 0 aromatic rings. The Morgan fingerprint density at radius 3 is 2.56 bits per heavy atom. The maximum absolute atomic E-state index is 11.9. The van der Waals surface area contributed by atoms with Crippen LogP contribution in [0.4, 0.5) is 0 Å². The third-order valence-electron chi connectivity index (χ3n) is 2.23. The van der Waals surface area contributed by atoms with Crippen molar-refractivity contribution in [3.8, 4) is 11.8 Å². The molecule has 2 atom stereocenters. The summed E-state index contributed by atoms with van der Waals surface area (Å²) >= 11 is 0. The minimum atomic E-state index is -2.76. The van der Waals surface area contributed by atoms with Crippen LogP contribution in [0.1, 0.15) is 40.5 Å². The zero-order valence-electron chi connectivity index (χ0n) is 10.1. The first-order chi connectivity index (χ1) is 7.31. The summed E-state index contributed by atoms with van der Waals surface area (Å²) in [5, 5.41) is 0. The molecule has 0 bridgehead atoms. The smallest absolute Gasteiger partial charge is 0.296 e. The summed E-state index contributed by atoms with van der Waals surface area (Å²) in [5.41, 5.74) is -1.22. The second kappa shape index (κ2) is 6.75. The van der Waals surface area contributed by atoms with Gasteiger partial charge in [-0.25, -0.2) is 0 Å². The second-order valence-electron chi connectivity index (χ2n) is 4.07. The van der Waals surface area contributed by atoms with E-state index in [4.69, 9.17) is 9.42 Å². The Hall–Kier alpha value is -0.750. The predicted molar refractivity (Wildman–Crippen MR) is 61.8 cm³/mol. The molecule has 0 amide bonds. The van der Waals surface area contributed by atoms with Gasteiger partial charge in [0.2, 0.25) is 0 Å². The van der Waals surface area contributed by atoms with E-state index in [9.17, 15) is 9.36 Å². The first-order valence-electron chi connectivity index (χ1n) is 5.10. The Kier molecular flexibility index (Phi) is 6.43. The molecule has 0 aliphatic heterocycles. The predicted octanol–water partition coefficient (Wildman–Crippen LogP) is 2.44. The van der Waals surface area contributed by atoms with Gasteiger partial charge in [-0.2, -0.15) is 0 Å². The van der Waals surface area contributed by atoms with Crippen molar-refractivity contribution in [2.75, 3.05) is 0 Å². The van der Waals surface area contributed by atoms with Gasteiger partial charge < -0.3 is 0 Å². The van der Waals surface area contributed by atoms with Gasteiger partial charge in [0.1, 0.15) is 0 Å². The molecule has 0 aliphatic carbocycles. The molecule has 16 heavy (non-hydrogen) atoms. The van der Waals surface area contributed by atoms with Crippen LogP contribution < -0.4 is 0 Å². The Morgan fingerprint density at radius 1 is 1.56 bits per heavy atom. The Bertz CT molecular complexity index is 325. The highest BCUT2D eigenvalue weighted by molar-refractivity contribution is 7.32. The van der Waals surface area contributed by atoms with E-state index in [1.54, 1.807) is 13.8 Å². The van der Waals surface area contributed by atoms with Gasteiger partial charge in [0.15, 0.2) is 11.4 Å². The highest BCUT2D eigenvalue weighted by atomic mass is 31.1. The minimum Gasteiger partial charge on any atom is -0.296 e. The highest BCUT2D eigenvalue weighted by Crippen LogP contribution is 2.29. The monoisotopic (exact) mass is 245 g/mol. The standard InChI is InChI=1S/C11H17O4P/c1-5-6-7-8-9(2)10(12)11(3,4)15-16(13)14/h9H,7-8H2,1-4H3/p+1. The van der Waals surface area contributed by atoms with Crippen LogP contribution in [0.25, 0.3) is 0 Å². The van der Waals surface area contributed by atoms with Crippen LogP contribution in [0.3, 0.4) is 0 Å². The molecule has 4 nitrogen and oxygen atoms in total. The summed E-state index contributed by atoms with van der Waals surface area (Å²) < 4.78 is 15.3. The number of hydrogen-bond donors (Lipinski definition) is 1. The highest BCUT2D eigenvalue weighted by Gasteiger charge is 2.40. The number of carbonyl (C=O) groups is 1. The van der Waals surface area contributed by atoms with E-state index in [2.05, 4.69) is 11.8 Å². The average Bonchev–Trinajstić information content (AvgIpc) is 2.14. The molecule has 0 fully saturated rings. The average molecular weight is 245 g/mol. The molecule has 0 aromatic heterocycles. The van der Waals surface area contributed by atoms with Crippen LogP contribution in [-0.4, -0.2) is 16.3 Å². The molecule has 0 aliphatic rings. The maximum Gasteiger partial charge on any atom is 0.695 e. The molecule has 0 saturated carbocycles. The molecule has 0 aromatic carbocycles. The van der Waals surface area contributed by atoms with Crippen LogP contribution in [0.15, 0.2) is 0 Å². The topological polar surface area (TPSA) is 63.6 Å². The van der Waals surface area contributed by atoms with Crippen LogP contribution in [0, 0.1) is 17.8 Å². The molecule has 0 rings (SSSR count). The van der Waals surface area contributed by atoms with Gasteiger partial charge in [-0.15, -0.1) is 21.3 Å². The van der Waals surface area contributed by atoms with Crippen molar-refractivity contribution in [2.24, 2.45) is 5.92 Å². The third-order valence-corrected chi connectivity index (χ3v) is 2.84. The molecule has 0 heterocycles. The summed E-state index contributed by atoms with van der Waals surface area (Å²) in [6.07, 6.45) is 1.28. The first kappa shape index (κ1) is 15.2. The van der Waals surface area contributed by atoms with Gasteiger partial charge in [0.05, 0.1) is 0 Å². The summed E-state index contributed by atoms with van der Waals surface area (Å²) in [7, 11) is -2.76. The lowest BCUT2D eigenvalue weighted by atomic mass is 9.90. The fraction of sp³-hybridized carbons (Fsp3) is 0.727. The van der Waals surface area contributed by atoms with E-state index < -0.39 is 13.9 Å². The Labute approximate surface area is 97.3 Å². The number of hydrogen-bond acceptors (Lipinski definition) is 3. The SMILES string of the molecule is CC#CCCC(C)C(=O)C(C)(C)O[P+](=O)O. The Balaban J connectivity index is 4.38. The van der Waals surface area contributed by atoms with Crippen molar-refractivity contribution in [2.45, 2.75) is 46.1 Å². The molecule has 5 heteroatoms. The molecule has 0 radical (unpaired) electrons. The van der Waals surface area contributed by atoms with Crippen LogP contribution >= 0.6 is 8.25 Å². The third kappa shape index (κ3) is 5.37. The van der Waals surface area contributed by atoms with Crippen molar-refractivity contribution in [1.82, 2.24) is 0 Å². The minimum absolute atomic E-state index is 0.178. The van der Waals surface area contributed by atoms with Crippen molar-refractivity contribution in [3.63, 3.8) is 0 Å². The summed E-state index contributed by atoms with van der Waals surface area (Å²) in [4.78, 5) is 20.5. The molecule has 90 valence electrons. The van der Waals surface area contributed by atoms with Gasteiger partial charge in [-0.05, 0) is 27.2 Å². The fourth-order valence-electron chi connectivity index (χ4n) is 1.38. The largest absolute Gasteiger partial charge is 0.695 e. The van der Waals surface area contributed by atoms with Crippen LogP contribution in [-0.2, 0) is 13.9 Å². The quantitative estimate of drug-likeness (QED) is 0.576. The molecular formula is C11H18O4P+. The molecule has 1 N–H and O–H groups in total. The van der Waals surface area contributed by atoms with Crippen LogP contribution in [0.2, 0.25) is 0 Å². The van der Waals surface area contributed by atoms with E-state index in [0.717, 1.165) is 0 Å². The number of carbonyl (C=O) groups excluding carboxylic acids is 1. The number of ketones is 1. The van der Waals surface area contributed by atoms with Crippen molar-refractivity contribution in [3.05, 3.63) is 0 Å². The van der Waals surface area contributed by atoms with Crippen LogP contribution in [0.5, 0.6) is 0 Å². The van der Waals surface area contributed by atoms with Crippen molar-refractivity contribution < 1.29 is 18.8 Å². The van der Waals surface area contributed by atoms with Gasteiger partial charge in [0, 0.05) is 16.9 Å². The maximum atomic E-state index is 11.9. The van der Waals surface area contributed by atoms with Gasteiger partial charge in [-0.3, -0.25) is 4.79 Å². The van der Waals surface area contributed by atoms with Crippen molar-refractivity contribution >= 4 is 14.0 Å². The zero-order valence-corrected chi connectivity index (χ0v) is 11.0. The first-order valence-corrected chi connectivity index (χ1v) is 6.23. The second-order valence-corrected chi connectivity index (χ2v) is 4.73. The zero-order chi connectivity index (χ0) is 12.8. The summed E-state index contributed by atoms with van der Waals surface area (Å²) in [6.45, 7) is 6.52. The molecule has 0 saturated heterocycles. The lowest BCUT2D eigenvalue weighted by Crippen LogP contribution is -2.37. The lowest BCUT2D eigenvalue weighted by molar-refractivity contribution is -0.135. The summed E-state index contributed by atoms with van der Waals surface area (Å²) in [5.74, 6) is 5.22. The summed E-state index contributed by atoms with van der Waals surface area (Å²) in [6, 6.07) is 0. The number of rotatable bonds is 6. The van der Waals surface area contributed by atoms with Gasteiger partial charge in [0.25, 0.3) is 0 Å². The van der Waals surface area contributed by atoms with E-state index in [0.29, 0.717) is 12.8 Å². The number of Topliss-reactive ketones (excluding diaryl/α,β-unsaturated/α-hetero) is 1. The molecule has 2 unspecified atom stereocenters. The lowest BCUT2D eigenvalue weighted by Gasteiger charge is -2.19. The van der Waals surface area contributed by atoms with E-state index in [-0.39, 0.29) is 11.7 Å². The fourth-order valence-corrected chi connectivity index (χ4v) is 1.86. The van der Waals surface area contributed by atoms with E-state index in [1.165, 1.54) is 13.8 Å². The normalized spacial score (nSPS) is 13.7. The van der Waals surface area contributed by atoms with E-state index >= 15 is 0 Å². The molecule has 0 spiro atoms. The molecular weight excluding hydrogens is 227 g/mol.